The molecule has 1 aliphatic heterocycles. The van der Waals surface area contributed by atoms with Crippen LogP contribution in [-0.2, 0) is 9.59 Å². The van der Waals surface area contributed by atoms with Gasteiger partial charge in [0.1, 0.15) is 5.54 Å². The highest BCUT2D eigenvalue weighted by atomic mass is 19.4. The zero-order chi connectivity index (χ0) is 20.7. The summed E-state index contributed by atoms with van der Waals surface area (Å²) in [6, 6.07) is 0.0587. The van der Waals surface area contributed by atoms with Crippen molar-refractivity contribution in [3.8, 4) is 0 Å². The van der Waals surface area contributed by atoms with Crippen molar-refractivity contribution in [1.82, 2.24) is 10.0 Å². The lowest BCUT2D eigenvalue weighted by molar-refractivity contribution is -0.242. The number of alkyl halides is 3. The molecule has 0 aromatic heterocycles. The molecule has 29 heavy (non-hydrogen) atoms. The predicted octanol–water partition coefficient (Wildman–Crippen LogP) is 4.24. The van der Waals surface area contributed by atoms with Gasteiger partial charge in [-0.25, -0.2) is 10.0 Å². The van der Waals surface area contributed by atoms with Crippen molar-refractivity contribution in [3.05, 3.63) is 23.8 Å². The van der Waals surface area contributed by atoms with E-state index in [2.05, 4.69) is 0 Å². The highest BCUT2D eigenvalue weighted by molar-refractivity contribution is 6.05. The fraction of sp³-hybridized carbons (Fsp3) is 0.727. The van der Waals surface area contributed by atoms with Crippen LogP contribution in [0.5, 0.6) is 0 Å². The van der Waals surface area contributed by atoms with Gasteiger partial charge in [-0.2, -0.15) is 13.2 Å². The molecule has 0 radical (unpaired) electrons. The minimum atomic E-state index is -4.31. The van der Waals surface area contributed by atoms with Crippen molar-refractivity contribution in [2.45, 2.75) is 70.1 Å². The Bertz CT molecular complexity index is 785. The van der Waals surface area contributed by atoms with Crippen molar-refractivity contribution in [3.63, 3.8) is 0 Å². The van der Waals surface area contributed by atoms with E-state index in [4.69, 9.17) is 0 Å². The van der Waals surface area contributed by atoms with E-state index in [1.807, 2.05) is 0 Å². The molecular weight excluding hydrogens is 381 g/mol. The molecule has 1 heterocycles. The molecule has 7 heteroatoms. The van der Waals surface area contributed by atoms with Crippen molar-refractivity contribution in [1.29, 1.82) is 0 Å². The standard InChI is InChI=1S/C22H27F3N2O2/c1-21(2)20(29)26(18-15-8-12-7-13(10-15)11-16(18)9-12)27(21)19(28)14-3-5-17(6-4-14)22(23,24)25/h3-5,12-13,15-18H,6-11H2,1-2H3. The molecule has 6 aliphatic rings. The van der Waals surface area contributed by atoms with Gasteiger partial charge in [-0.1, -0.05) is 18.2 Å². The van der Waals surface area contributed by atoms with Crippen LogP contribution in [0.25, 0.3) is 0 Å². The van der Waals surface area contributed by atoms with E-state index in [1.54, 1.807) is 18.9 Å². The number of nitrogens with zero attached hydrogens (tertiary/aromatic N) is 2. The molecule has 1 saturated heterocycles. The Balaban J connectivity index is 1.39. The third kappa shape index (κ3) is 2.79. The van der Waals surface area contributed by atoms with Gasteiger partial charge < -0.3 is 0 Å². The second-order valence-corrected chi connectivity index (χ2v) is 10.1. The first-order valence-corrected chi connectivity index (χ1v) is 10.7. The van der Waals surface area contributed by atoms with E-state index >= 15 is 0 Å². The number of hydrogen-bond donors (Lipinski definition) is 0. The zero-order valence-electron chi connectivity index (χ0n) is 16.8. The maximum atomic E-state index is 13.3. The quantitative estimate of drug-likeness (QED) is 0.686. The fourth-order valence-corrected chi connectivity index (χ4v) is 6.75. The summed E-state index contributed by atoms with van der Waals surface area (Å²) < 4.78 is 38.8. The lowest BCUT2D eigenvalue weighted by atomic mass is 9.53. The van der Waals surface area contributed by atoms with Crippen LogP contribution >= 0.6 is 0 Å². The summed E-state index contributed by atoms with van der Waals surface area (Å²) >= 11 is 0. The van der Waals surface area contributed by atoms with Crippen molar-refractivity contribution < 1.29 is 22.8 Å². The van der Waals surface area contributed by atoms with E-state index in [9.17, 15) is 22.8 Å². The summed E-state index contributed by atoms with van der Waals surface area (Å²) in [5.74, 6) is 0.429. The number of halogens is 3. The number of hydrogen-bond acceptors (Lipinski definition) is 2. The van der Waals surface area contributed by atoms with E-state index in [-0.39, 0.29) is 29.9 Å². The summed E-state index contributed by atoms with van der Waals surface area (Å²) in [6.45, 7) is 3.46. The first-order valence-electron chi connectivity index (χ1n) is 10.7. The Morgan fingerprint density at radius 1 is 1.07 bits per heavy atom. The second kappa shape index (κ2) is 6.11. The Morgan fingerprint density at radius 3 is 2.14 bits per heavy atom. The van der Waals surface area contributed by atoms with Gasteiger partial charge in [0.15, 0.2) is 0 Å². The maximum absolute atomic E-state index is 13.3. The predicted molar refractivity (Wildman–Crippen MR) is 100.0 cm³/mol. The van der Waals surface area contributed by atoms with Crippen LogP contribution in [0.1, 0.15) is 52.4 Å². The van der Waals surface area contributed by atoms with Gasteiger partial charge in [0, 0.05) is 5.57 Å². The number of carbonyl (C=O) groups excluding carboxylic acids is 2. The third-order valence-electron chi connectivity index (χ3n) is 7.90. The number of amides is 2. The Labute approximate surface area is 168 Å². The van der Waals surface area contributed by atoms with Crippen LogP contribution in [0.15, 0.2) is 23.8 Å². The topological polar surface area (TPSA) is 40.6 Å². The molecule has 0 N–H and O–H groups in total. The summed E-state index contributed by atoms with van der Waals surface area (Å²) in [5, 5.41) is 3.21. The van der Waals surface area contributed by atoms with Crippen LogP contribution in [0, 0.1) is 29.6 Å². The minimum Gasteiger partial charge on any atom is -0.270 e. The van der Waals surface area contributed by atoms with Gasteiger partial charge in [0.2, 0.25) is 0 Å². The SMILES string of the molecule is CC1(C)C(=O)N(C2C3CC4CC(C3)CC2C4)N1C(=O)C1=CCC(C(F)(F)F)C=C1. The van der Waals surface area contributed by atoms with Crippen molar-refractivity contribution in [2.75, 3.05) is 0 Å². The van der Waals surface area contributed by atoms with Crippen molar-refractivity contribution in [2.24, 2.45) is 29.6 Å². The average Bonchev–Trinajstić information content (AvgIpc) is 2.65. The molecule has 6 rings (SSSR count). The molecule has 4 nitrogen and oxygen atoms in total. The highest BCUT2D eigenvalue weighted by Gasteiger charge is 2.62. The van der Waals surface area contributed by atoms with Crippen LogP contribution < -0.4 is 0 Å². The average molecular weight is 408 g/mol. The first kappa shape index (κ1) is 19.2. The molecule has 4 bridgehead atoms. The monoisotopic (exact) mass is 408 g/mol. The van der Waals surface area contributed by atoms with Crippen LogP contribution in [0.3, 0.4) is 0 Å². The van der Waals surface area contributed by atoms with E-state index in [0.29, 0.717) is 11.8 Å². The summed E-state index contributed by atoms with van der Waals surface area (Å²) in [5.41, 5.74) is -0.707. The molecule has 1 unspecified atom stereocenters. The molecule has 2 amide bonds. The smallest absolute Gasteiger partial charge is 0.270 e. The lowest BCUT2D eigenvalue weighted by Gasteiger charge is -2.65. The summed E-state index contributed by atoms with van der Waals surface area (Å²) in [6.07, 6.45) is 4.97. The number of rotatable bonds is 2. The summed E-state index contributed by atoms with van der Waals surface area (Å²) in [4.78, 5) is 26.3. The zero-order valence-corrected chi connectivity index (χ0v) is 16.8. The van der Waals surface area contributed by atoms with Gasteiger partial charge in [-0.15, -0.1) is 0 Å². The van der Waals surface area contributed by atoms with Crippen molar-refractivity contribution >= 4 is 11.8 Å². The third-order valence-corrected chi connectivity index (χ3v) is 7.90. The number of hydrazine groups is 1. The normalized spacial score (nSPS) is 40.2. The van der Waals surface area contributed by atoms with Gasteiger partial charge in [-0.05, 0) is 76.0 Å². The van der Waals surface area contributed by atoms with Gasteiger partial charge >= 0.3 is 6.18 Å². The number of allylic oxidation sites excluding steroid dienone is 2. The first-order chi connectivity index (χ1) is 13.6. The van der Waals surface area contributed by atoms with Gasteiger partial charge in [-0.3, -0.25) is 9.59 Å². The molecule has 0 aromatic rings. The van der Waals surface area contributed by atoms with E-state index in [1.165, 1.54) is 23.6 Å². The molecule has 0 spiro atoms. The Morgan fingerprint density at radius 2 is 1.66 bits per heavy atom. The van der Waals surface area contributed by atoms with E-state index < -0.39 is 17.6 Å². The minimum absolute atomic E-state index is 0.0446. The molecular formula is C22H27F3N2O2. The van der Waals surface area contributed by atoms with Gasteiger partial charge in [0.05, 0.1) is 12.0 Å². The molecule has 4 saturated carbocycles. The van der Waals surface area contributed by atoms with E-state index in [0.717, 1.165) is 43.6 Å². The second-order valence-electron chi connectivity index (χ2n) is 10.1. The molecule has 158 valence electrons. The Hall–Kier alpha value is -1.79. The Kier molecular flexibility index (Phi) is 4.04. The van der Waals surface area contributed by atoms with Crippen LogP contribution in [0.2, 0.25) is 0 Å². The molecule has 5 aliphatic carbocycles. The summed E-state index contributed by atoms with van der Waals surface area (Å²) in [7, 11) is 0. The molecule has 5 fully saturated rings. The maximum Gasteiger partial charge on any atom is 0.395 e. The number of carbonyl (C=O) groups is 2. The molecule has 1 atom stereocenters. The highest BCUT2D eigenvalue weighted by Crippen LogP contribution is 2.57. The fourth-order valence-electron chi connectivity index (χ4n) is 6.75. The lowest BCUT2D eigenvalue weighted by Crippen LogP contribution is -2.81. The molecule has 0 aromatic carbocycles. The van der Waals surface area contributed by atoms with Crippen LogP contribution in [-0.4, -0.2) is 39.6 Å². The van der Waals surface area contributed by atoms with Gasteiger partial charge in [0.25, 0.3) is 11.8 Å². The largest absolute Gasteiger partial charge is 0.395 e. The van der Waals surface area contributed by atoms with Crippen LogP contribution in [0.4, 0.5) is 13.2 Å².